The third kappa shape index (κ3) is 0.919. The lowest BCUT2D eigenvalue weighted by Crippen LogP contribution is -2.15. The minimum Gasteiger partial charge on any atom is -0.369 e. The van der Waals surface area contributed by atoms with Gasteiger partial charge in [-0.2, -0.15) is 4.98 Å². The number of H-pyrrole nitrogens is 1. The molecule has 2 aromatic rings. The average Bonchev–Trinajstić information content (AvgIpc) is 2.53. The van der Waals surface area contributed by atoms with Crippen LogP contribution in [0.3, 0.4) is 0 Å². The first-order chi connectivity index (χ1) is 6.24. The number of hydrogen-bond donors (Lipinski definition) is 2. The van der Waals surface area contributed by atoms with Crippen LogP contribution in [-0.2, 0) is 0 Å². The van der Waals surface area contributed by atoms with Crippen LogP contribution < -0.4 is 11.3 Å². The highest BCUT2D eigenvalue weighted by Crippen LogP contribution is 2.07. The van der Waals surface area contributed by atoms with E-state index in [0.717, 1.165) is 0 Å². The Labute approximate surface area is 72.7 Å². The van der Waals surface area contributed by atoms with Crippen molar-refractivity contribution < 1.29 is 0 Å². The Balaban J connectivity index is 3.05. The number of hydrogen-bond acceptors (Lipinski definition) is 4. The van der Waals surface area contributed by atoms with E-state index in [9.17, 15) is 4.79 Å². The largest absolute Gasteiger partial charge is 0.369 e. The predicted molar refractivity (Wildman–Crippen MR) is 48.9 cm³/mol. The van der Waals surface area contributed by atoms with Crippen LogP contribution in [0.5, 0.6) is 0 Å². The number of anilines is 1. The summed E-state index contributed by atoms with van der Waals surface area (Å²) in [6.07, 6.45) is 2.86. The van der Waals surface area contributed by atoms with Crippen molar-refractivity contribution in [1.82, 2.24) is 19.5 Å². The monoisotopic (exact) mass is 177 g/mol. The molecule has 6 heteroatoms. The van der Waals surface area contributed by atoms with Gasteiger partial charge in [-0.25, -0.2) is 4.98 Å². The fraction of sp³-hybridized carbons (Fsp3) is 0. The zero-order valence-electron chi connectivity index (χ0n) is 6.69. The average molecular weight is 177 g/mol. The normalized spacial score (nSPS) is 10.5. The Morgan fingerprint density at radius 2 is 2.46 bits per heavy atom. The molecule has 0 aliphatic carbocycles. The summed E-state index contributed by atoms with van der Waals surface area (Å²) in [7, 11) is 0. The molecule has 6 nitrogen and oxygen atoms in total. The Morgan fingerprint density at radius 1 is 1.69 bits per heavy atom. The topological polar surface area (TPSA) is 89.6 Å². The number of aromatic amines is 1. The summed E-state index contributed by atoms with van der Waals surface area (Å²) in [4.78, 5) is 21.4. The molecule has 2 aromatic heterocycles. The van der Waals surface area contributed by atoms with E-state index in [-0.39, 0.29) is 5.95 Å². The molecule has 0 radical (unpaired) electrons. The highest BCUT2D eigenvalue weighted by Gasteiger charge is 2.07. The molecule has 13 heavy (non-hydrogen) atoms. The minimum atomic E-state index is -0.414. The van der Waals surface area contributed by atoms with Crippen molar-refractivity contribution in [2.45, 2.75) is 0 Å². The molecule has 0 fully saturated rings. The lowest BCUT2D eigenvalue weighted by molar-refractivity contribution is 1.07. The van der Waals surface area contributed by atoms with E-state index in [2.05, 4.69) is 21.5 Å². The second-order valence-corrected chi connectivity index (χ2v) is 2.43. The first kappa shape index (κ1) is 7.53. The number of aromatic nitrogens is 4. The molecule has 0 spiro atoms. The standard InChI is InChI=1S/C7H7N5O/c1-2-12-5-4(9-3-10-5)6(13)11-7(12)8/h2-3H,1H2,(H,9,10)(H2,8,11,13). The number of nitrogens with zero attached hydrogens (tertiary/aromatic N) is 3. The number of nitrogens with two attached hydrogens (primary N) is 1. The van der Waals surface area contributed by atoms with Crippen LogP contribution in [0.1, 0.15) is 0 Å². The van der Waals surface area contributed by atoms with Crippen LogP contribution in [0, 0.1) is 0 Å². The molecular weight excluding hydrogens is 170 g/mol. The molecule has 66 valence electrons. The van der Waals surface area contributed by atoms with E-state index >= 15 is 0 Å². The molecule has 0 aliphatic heterocycles. The van der Waals surface area contributed by atoms with Gasteiger partial charge in [-0.05, 0) is 0 Å². The zero-order chi connectivity index (χ0) is 9.42. The summed E-state index contributed by atoms with van der Waals surface area (Å²) in [5, 5.41) is 0. The van der Waals surface area contributed by atoms with Gasteiger partial charge in [0.15, 0.2) is 11.2 Å². The summed E-state index contributed by atoms with van der Waals surface area (Å²) in [6.45, 7) is 3.54. The number of imidazole rings is 1. The molecule has 0 saturated carbocycles. The highest BCUT2D eigenvalue weighted by atomic mass is 16.1. The van der Waals surface area contributed by atoms with E-state index < -0.39 is 5.56 Å². The van der Waals surface area contributed by atoms with Crippen LogP contribution in [-0.4, -0.2) is 19.5 Å². The van der Waals surface area contributed by atoms with E-state index in [0.29, 0.717) is 11.2 Å². The van der Waals surface area contributed by atoms with Gasteiger partial charge in [0.05, 0.1) is 6.33 Å². The lowest BCUT2D eigenvalue weighted by atomic mass is 10.5. The van der Waals surface area contributed by atoms with Gasteiger partial charge in [0.1, 0.15) is 0 Å². The molecule has 0 unspecified atom stereocenters. The van der Waals surface area contributed by atoms with Crippen molar-refractivity contribution in [3.63, 3.8) is 0 Å². The summed E-state index contributed by atoms with van der Waals surface area (Å²) in [6, 6.07) is 0. The summed E-state index contributed by atoms with van der Waals surface area (Å²) < 4.78 is 1.44. The fourth-order valence-corrected chi connectivity index (χ4v) is 1.13. The maximum Gasteiger partial charge on any atom is 0.300 e. The maximum absolute atomic E-state index is 11.2. The van der Waals surface area contributed by atoms with E-state index in [1.165, 1.54) is 17.1 Å². The highest BCUT2D eigenvalue weighted by molar-refractivity contribution is 5.73. The number of rotatable bonds is 1. The number of fused-ring (bicyclic) bond motifs is 1. The smallest absolute Gasteiger partial charge is 0.300 e. The van der Waals surface area contributed by atoms with Crippen LogP contribution in [0.4, 0.5) is 5.95 Å². The molecule has 0 atom stereocenters. The third-order valence-corrected chi connectivity index (χ3v) is 1.71. The lowest BCUT2D eigenvalue weighted by Gasteiger charge is -2.02. The Bertz CT molecular complexity index is 523. The van der Waals surface area contributed by atoms with Gasteiger partial charge in [-0.3, -0.25) is 9.36 Å². The van der Waals surface area contributed by atoms with Gasteiger partial charge in [-0.15, -0.1) is 0 Å². The first-order valence-corrected chi connectivity index (χ1v) is 3.57. The van der Waals surface area contributed by atoms with Gasteiger partial charge >= 0.3 is 5.56 Å². The molecule has 0 bridgehead atoms. The van der Waals surface area contributed by atoms with E-state index in [1.54, 1.807) is 0 Å². The third-order valence-electron chi connectivity index (χ3n) is 1.71. The van der Waals surface area contributed by atoms with Crippen molar-refractivity contribution >= 4 is 23.3 Å². The Morgan fingerprint density at radius 3 is 3.15 bits per heavy atom. The van der Waals surface area contributed by atoms with Crippen molar-refractivity contribution in [3.05, 3.63) is 23.3 Å². The predicted octanol–water partition coefficient (Wildman–Crippen LogP) is -0.198. The van der Waals surface area contributed by atoms with Gasteiger partial charge in [0.2, 0.25) is 5.95 Å². The Hall–Kier alpha value is -2.11. The number of nitrogen functional groups attached to an aromatic ring is 1. The SMILES string of the molecule is C=Cn1c(N)nc(=O)c2[nH]cnc21. The first-order valence-electron chi connectivity index (χ1n) is 3.57. The maximum atomic E-state index is 11.2. The van der Waals surface area contributed by atoms with Gasteiger partial charge in [-0.1, -0.05) is 6.58 Å². The second kappa shape index (κ2) is 2.44. The molecule has 2 heterocycles. The molecule has 0 amide bonds. The molecule has 2 rings (SSSR count). The van der Waals surface area contributed by atoms with Gasteiger partial charge in [0.25, 0.3) is 0 Å². The Kier molecular flexibility index (Phi) is 1.42. The summed E-state index contributed by atoms with van der Waals surface area (Å²) in [5.74, 6) is 0.0830. The van der Waals surface area contributed by atoms with Crippen molar-refractivity contribution in [3.8, 4) is 0 Å². The molecule has 0 aliphatic rings. The fourth-order valence-electron chi connectivity index (χ4n) is 1.13. The van der Waals surface area contributed by atoms with Crippen molar-refractivity contribution in [1.29, 1.82) is 0 Å². The van der Waals surface area contributed by atoms with Crippen LogP contribution in [0.15, 0.2) is 17.7 Å². The van der Waals surface area contributed by atoms with Gasteiger partial charge in [0, 0.05) is 6.20 Å². The quantitative estimate of drug-likeness (QED) is 0.631. The molecule has 3 N–H and O–H groups in total. The minimum absolute atomic E-state index is 0.0830. The van der Waals surface area contributed by atoms with Gasteiger partial charge < -0.3 is 10.7 Å². The molecule has 0 saturated heterocycles. The summed E-state index contributed by atoms with van der Waals surface area (Å²) in [5.41, 5.74) is 5.84. The van der Waals surface area contributed by atoms with Crippen LogP contribution in [0.25, 0.3) is 17.4 Å². The molecular formula is C7H7N5O. The van der Waals surface area contributed by atoms with E-state index in [1.807, 2.05) is 0 Å². The number of nitrogens with one attached hydrogen (secondary N) is 1. The second-order valence-electron chi connectivity index (χ2n) is 2.43. The van der Waals surface area contributed by atoms with Crippen molar-refractivity contribution in [2.24, 2.45) is 0 Å². The van der Waals surface area contributed by atoms with E-state index in [4.69, 9.17) is 5.73 Å². The van der Waals surface area contributed by atoms with Crippen molar-refractivity contribution in [2.75, 3.05) is 5.73 Å². The molecule has 0 aromatic carbocycles. The summed E-state index contributed by atoms with van der Waals surface area (Å²) >= 11 is 0. The zero-order valence-corrected chi connectivity index (χ0v) is 6.69. The van der Waals surface area contributed by atoms with Crippen LogP contribution in [0.2, 0.25) is 0 Å². The van der Waals surface area contributed by atoms with Crippen LogP contribution >= 0.6 is 0 Å².